The van der Waals surface area contributed by atoms with Crippen LogP contribution in [0.15, 0.2) is 12.1 Å². The van der Waals surface area contributed by atoms with Crippen molar-refractivity contribution in [1.29, 1.82) is 0 Å². The smallest absolute Gasteiger partial charge is 0.332 e. The molecule has 4 nitrogen and oxygen atoms in total. The van der Waals surface area contributed by atoms with Crippen molar-refractivity contribution in [3.8, 4) is 0 Å². The lowest BCUT2D eigenvalue weighted by molar-refractivity contribution is -0.145. The van der Waals surface area contributed by atoms with Crippen LogP contribution in [0.2, 0.25) is 10.0 Å². The molecule has 0 bridgehead atoms. The molecule has 1 fully saturated rings. The first kappa shape index (κ1) is 14.6. The maximum atomic E-state index is 12.0. The molecule has 0 amide bonds. The summed E-state index contributed by atoms with van der Waals surface area (Å²) in [4.78, 5) is 12.0. The molecule has 1 heterocycles. The first-order chi connectivity index (χ1) is 8.98. The van der Waals surface area contributed by atoms with Crippen molar-refractivity contribution >= 4 is 52.3 Å². The third-order valence-corrected chi connectivity index (χ3v) is 4.98. The summed E-state index contributed by atoms with van der Waals surface area (Å²) in [5.41, 5.74) is 6.21. The van der Waals surface area contributed by atoms with Gasteiger partial charge >= 0.3 is 5.97 Å². The minimum atomic E-state index is -0.745. The molecule has 1 aromatic rings. The number of nitrogens with two attached hydrogens (primary N) is 1. The number of hydrogen-bond acceptors (Lipinski definition) is 5. The summed E-state index contributed by atoms with van der Waals surface area (Å²) in [6.45, 7) is 0. The number of methoxy groups -OCH3 is 1. The largest absolute Gasteiger partial charge is 0.467 e. The monoisotopic (exact) mass is 320 g/mol. The minimum absolute atomic E-state index is 0.289. The van der Waals surface area contributed by atoms with E-state index in [4.69, 9.17) is 33.7 Å². The van der Waals surface area contributed by atoms with Crippen molar-refractivity contribution in [2.24, 2.45) is 0 Å². The zero-order chi connectivity index (χ0) is 14.0. The van der Waals surface area contributed by atoms with Crippen LogP contribution >= 0.6 is 35.0 Å². The third kappa shape index (κ3) is 2.88. The van der Waals surface area contributed by atoms with Crippen LogP contribution in [-0.2, 0) is 9.53 Å². The Morgan fingerprint density at radius 1 is 1.47 bits per heavy atom. The molecule has 1 saturated heterocycles. The van der Waals surface area contributed by atoms with Crippen molar-refractivity contribution in [3.63, 3.8) is 0 Å². The van der Waals surface area contributed by atoms with Crippen LogP contribution in [0.4, 0.5) is 11.4 Å². The molecule has 7 heteroatoms. The molecule has 0 saturated carbocycles. The van der Waals surface area contributed by atoms with Gasteiger partial charge < -0.3 is 15.8 Å². The zero-order valence-electron chi connectivity index (χ0n) is 10.3. The van der Waals surface area contributed by atoms with E-state index in [0.717, 1.165) is 5.75 Å². The maximum absolute atomic E-state index is 12.0. The number of hydrogen-bond donors (Lipinski definition) is 2. The lowest BCUT2D eigenvalue weighted by Gasteiger charge is -2.28. The van der Waals surface area contributed by atoms with E-state index in [1.807, 2.05) is 0 Å². The normalized spacial score (nSPS) is 22.3. The van der Waals surface area contributed by atoms with Crippen LogP contribution in [0.5, 0.6) is 0 Å². The van der Waals surface area contributed by atoms with Crippen LogP contribution in [0.3, 0.4) is 0 Å². The van der Waals surface area contributed by atoms with Gasteiger partial charge in [0.25, 0.3) is 0 Å². The van der Waals surface area contributed by atoms with E-state index in [0.29, 0.717) is 33.6 Å². The molecular weight excluding hydrogens is 307 g/mol. The summed E-state index contributed by atoms with van der Waals surface area (Å²) in [7, 11) is 1.38. The van der Waals surface area contributed by atoms with Crippen LogP contribution in [0.25, 0.3) is 0 Å². The van der Waals surface area contributed by atoms with Crippen LogP contribution in [-0.4, -0.2) is 30.1 Å². The highest BCUT2D eigenvalue weighted by Gasteiger charge is 2.43. The number of carbonyl (C=O) groups is 1. The number of esters is 1. The predicted octanol–water partition coefficient (Wildman–Crippen LogP) is 3.04. The molecule has 0 radical (unpaired) electrons. The number of halogens is 2. The van der Waals surface area contributed by atoms with Crippen LogP contribution in [0.1, 0.15) is 6.42 Å². The number of nitrogens with one attached hydrogen (secondary N) is 1. The molecule has 2 rings (SSSR count). The molecule has 1 unspecified atom stereocenters. The van der Waals surface area contributed by atoms with Gasteiger partial charge in [0.15, 0.2) is 0 Å². The van der Waals surface area contributed by atoms with Gasteiger partial charge in [0, 0.05) is 5.75 Å². The van der Waals surface area contributed by atoms with Gasteiger partial charge in [0.05, 0.1) is 28.5 Å². The molecule has 19 heavy (non-hydrogen) atoms. The number of carbonyl (C=O) groups excluding carboxylic acids is 1. The highest BCUT2D eigenvalue weighted by molar-refractivity contribution is 7.99. The Balaban J connectivity index is 2.32. The molecule has 1 aliphatic heterocycles. The van der Waals surface area contributed by atoms with Crippen LogP contribution < -0.4 is 11.1 Å². The first-order valence-electron chi connectivity index (χ1n) is 5.67. The lowest BCUT2D eigenvalue weighted by atomic mass is 9.98. The number of nitrogen functional groups attached to an aromatic ring is 1. The van der Waals surface area contributed by atoms with E-state index in [9.17, 15) is 4.79 Å². The van der Waals surface area contributed by atoms with Crippen molar-refractivity contribution in [3.05, 3.63) is 22.2 Å². The first-order valence-corrected chi connectivity index (χ1v) is 7.58. The van der Waals surface area contributed by atoms with E-state index in [1.165, 1.54) is 7.11 Å². The molecule has 3 N–H and O–H groups in total. The van der Waals surface area contributed by atoms with E-state index >= 15 is 0 Å². The lowest BCUT2D eigenvalue weighted by Crippen LogP contribution is -2.47. The Morgan fingerprint density at radius 3 is 2.74 bits per heavy atom. The fourth-order valence-electron chi connectivity index (χ4n) is 2.00. The molecule has 0 aliphatic carbocycles. The van der Waals surface area contributed by atoms with E-state index in [2.05, 4.69) is 5.32 Å². The van der Waals surface area contributed by atoms with Gasteiger partial charge in [-0.05, 0) is 24.3 Å². The Morgan fingerprint density at radius 2 is 2.16 bits per heavy atom. The maximum Gasteiger partial charge on any atom is 0.332 e. The van der Waals surface area contributed by atoms with E-state index in [1.54, 1.807) is 23.9 Å². The van der Waals surface area contributed by atoms with Crippen molar-refractivity contribution in [1.82, 2.24) is 0 Å². The summed E-state index contributed by atoms with van der Waals surface area (Å²) in [5.74, 6) is 1.24. The second-order valence-electron chi connectivity index (χ2n) is 4.35. The van der Waals surface area contributed by atoms with Crippen molar-refractivity contribution in [2.75, 3.05) is 29.7 Å². The average Bonchev–Trinajstić information content (AvgIpc) is 2.85. The third-order valence-electron chi connectivity index (χ3n) is 3.06. The number of rotatable bonds is 3. The molecule has 1 atom stereocenters. The topological polar surface area (TPSA) is 64.3 Å². The van der Waals surface area contributed by atoms with Crippen LogP contribution in [0, 0.1) is 0 Å². The number of thioether (sulfide) groups is 1. The Kier molecular flexibility index (Phi) is 4.38. The second-order valence-corrected chi connectivity index (χ2v) is 6.27. The van der Waals surface area contributed by atoms with Gasteiger partial charge in [0.1, 0.15) is 5.54 Å². The van der Waals surface area contributed by atoms with Crippen molar-refractivity contribution in [2.45, 2.75) is 12.0 Å². The van der Waals surface area contributed by atoms with E-state index < -0.39 is 5.54 Å². The number of anilines is 2. The highest BCUT2D eigenvalue weighted by Crippen LogP contribution is 2.37. The van der Waals surface area contributed by atoms with Gasteiger partial charge in [-0.25, -0.2) is 4.79 Å². The molecule has 104 valence electrons. The molecule has 1 aliphatic rings. The van der Waals surface area contributed by atoms with Gasteiger partial charge in [-0.3, -0.25) is 0 Å². The van der Waals surface area contributed by atoms with Gasteiger partial charge in [-0.1, -0.05) is 23.2 Å². The Bertz CT molecular complexity index is 505. The summed E-state index contributed by atoms with van der Waals surface area (Å²) < 4.78 is 4.89. The van der Waals surface area contributed by atoms with Crippen molar-refractivity contribution < 1.29 is 9.53 Å². The summed E-state index contributed by atoms with van der Waals surface area (Å²) in [6, 6.07) is 3.20. The molecular formula is C12H14Cl2N2O2S. The highest BCUT2D eigenvalue weighted by atomic mass is 35.5. The SMILES string of the molecule is COC(=O)C1(Nc2cc(Cl)c(Cl)cc2N)CCSC1. The fraction of sp³-hybridized carbons (Fsp3) is 0.417. The van der Waals surface area contributed by atoms with E-state index in [-0.39, 0.29) is 5.97 Å². The average molecular weight is 321 g/mol. The fourth-order valence-corrected chi connectivity index (χ4v) is 3.65. The summed E-state index contributed by atoms with van der Waals surface area (Å²) in [5, 5.41) is 3.96. The quantitative estimate of drug-likeness (QED) is 0.662. The second kappa shape index (κ2) is 5.69. The predicted molar refractivity (Wildman–Crippen MR) is 81.2 cm³/mol. The molecule has 0 spiro atoms. The molecule has 1 aromatic carbocycles. The summed E-state index contributed by atoms with van der Waals surface area (Å²) in [6.07, 6.45) is 0.685. The summed E-state index contributed by atoms with van der Waals surface area (Å²) >= 11 is 13.6. The number of benzene rings is 1. The molecule has 0 aromatic heterocycles. The van der Waals surface area contributed by atoms with Gasteiger partial charge in [0.2, 0.25) is 0 Å². The van der Waals surface area contributed by atoms with Gasteiger partial charge in [-0.2, -0.15) is 11.8 Å². The van der Waals surface area contributed by atoms with Gasteiger partial charge in [-0.15, -0.1) is 0 Å². The Labute approximate surface area is 126 Å². The minimum Gasteiger partial charge on any atom is -0.467 e. The number of ether oxygens (including phenoxy) is 1. The standard InChI is InChI=1S/C12H14Cl2N2O2S/c1-18-11(17)12(2-3-19-6-12)16-10-5-8(14)7(13)4-9(10)15/h4-5,16H,2-3,6,15H2,1H3. The Hall–Kier alpha value is -0.780. The zero-order valence-corrected chi connectivity index (χ0v) is 12.7.